The third-order valence-corrected chi connectivity index (χ3v) is 4.37. The number of hydrogen-bond acceptors (Lipinski definition) is 1. The van der Waals surface area contributed by atoms with Gasteiger partial charge >= 0.3 is 0 Å². The Morgan fingerprint density at radius 2 is 2.11 bits per heavy atom. The monoisotopic (exact) mass is 242 g/mol. The van der Waals surface area contributed by atoms with Crippen molar-refractivity contribution in [2.45, 2.75) is 46.1 Å². The lowest BCUT2D eigenvalue weighted by Gasteiger charge is -2.18. The Morgan fingerprint density at radius 3 is 2.89 bits per heavy atom. The van der Waals surface area contributed by atoms with Crippen LogP contribution in [0, 0.1) is 13.8 Å². The molecule has 1 aromatic carbocycles. The first kappa shape index (κ1) is 11.8. The molecule has 3 rings (SSSR count). The molecule has 96 valence electrons. The number of benzene rings is 1. The molecule has 2 heterocycles. The first-order valence-corrected chi connectivity index (χ1v) is 7.03. The van der Waals surface area contributed by atoms with Crippen LogP contribution in [-0.2, 0) is 19.4 Å². The topological polar surface area (TPSA) is 30.9 Å². The molecule has 2 aromatic rings. The van der Waals surface area contributed by atoms with Crippen LogP contribution in [0.2, 0.25) is 0 Å². The van der Waals surface area contributed by atoms with Crippen molar-refractivity contribution in [3.8, 4) is 0 Å². The Labute approximate surface area is 109 Å². The fourth-order valence-corrected chi connectivity index (χ4v) is 3.28. The van der Waals surface area contributed by atoms with Gasteiger partial charge in [0, 0.05) is 17.6 Å². The van der Waals surface area contributed by atoms with E-state index in [1.807, 2.05) is 0 Å². The van der Waals surface area contributed by atoms with Crippen molar-refractivity contribution < 1.29 is 0 Å². The molecular formula is C16H22N2. The standard InChI is InChI=1S/C16H22N2/c1-11-12(2)18-8-4-6-14-9-13(5-3-7-17)10-15(11)16(14)18/h9-10H,3-8,17H2,1-2H3. The molecule has 1 aromatic heterocycles. The third-order valence-electron chi connectivity index (χ3n) is 4.37. The van der Waals surface area contributed by atoms with Gasteiger partial charge in [0.05, 0.1) is 5.52 Å². The fraction of sp³-hybridized carbons (Fsp3) is 0.500. The average molecular weight is 242 g/mol. The van der Waals surface area contributed by atoms with E-state index in [-0.39, 0.29) is 0 Å². The molecule has 0 radical (unpaired) electrons. The van der Waals surface area contributed by atoms with Gasteiger partial charge in [0.25, 0.3) is 0 Å². The predicted molar refractivity (Wildman–Crippen MR) is 77.1 cm³/mol. The largest absolute Gasteiger partial charge is 0.344 e. The first-order valence-electron chi connectivity index (χ1n) is 7.03. The maximum atomic E-state index is 5.62. The van der Waals surface area contributed by atoms with Gasteiger partial charge in [-0.1, -0.05) is 6.07 Å². The molecular weight excluding hydrogens is 220 g/mol. The lowest BCUT2D eigenvalue weighted by Crippen LogP contribution is -2.09. The smallest absolute Gasteiger partial charge is 0.0517 e. The summed E-state index contributed by atoms with van der Waals surface area (Å²) in [6.07, 6.45) is 4.71. The SMILES string of the molecule is Cc1c(C)n2c3c(cc(CCCN)cc13)CCC2. The minimum absolute atomic E-state index is 0.784. The molecule has 2 N–H and O–H groups in total. The van der Waals surface area contributed by atoms with Gasteiger partial charge < -0.3 is 10.3 Å². The van der Waals surface area contributed by atoms with E-state index in [9.17, 15) is 0 Å². The van der Waals surface area contributed by atoms with Crippen molar-refractivity contribution in [1.82, 2.24) is 4.57 Å². The summed E-state index contributed by atoms with van der Waals surface area (Å²) in [5.74, 6) is 0. The molecule has 0 saturated carbocycles. The highest BCUT2D eigenvalue weighted by molar-refractivity contribution is 5.89. The van der Waals surface area contributed by atoms with E-state index in [2.05, 4.69) is 30.5 Å². The molecule has 0 fully saturated rings. The zero-order chi connectivity index (χ0) is 12.7. The Kier molecular flexibility index (Phi) is 2.90. The lowest BCUT2D eigenvalue weighted by molar-refractivity contribution is 0.621. The van der Waals surface area contributed by atoms with E-state index < -0.39 is 0 Å². The van der Waals surface area contributed by atoms with E-state index in [0.29, 0.717) is 0 Å². The highest BCUT2D eigenvalue weighted by Crippen LogP contribution is 2.33. The highest BCUT2D eigenvalue weighted by atomic mass is 15.0. The first-order chi connectivity index (χ1) is 8.72. The maximum Gasteiger partial charge on any atom is 0.0517 e. The van der Waals surface area contributed by atoms with Crippen LogP contribution in [-0.4, -0.2) is 11.1 Å². The second kappa shape index (κ2) is 4.43. The molecule has 0 atom stereocenters. The molecule has 0 amide bonds. The van der Waals surface area contributed by atoms with Gasteiger partial charge in [-0.3, -0.25) is 0 Å². The minimum Gasteiger partial charge on any atom is -0.344 e. The molecule has 0 saturated heterocycles. The summed E-state index contributed by atoms with van der Waals surface area (Å²) in [6.45, 7) is 6.48. The summed E-state index contributed by atoms with van der Waals surface area (Å²) < 4.78 is 2.51. The highest BCUT2D eigenvalue weighted by Gasteiger charge is 2.18. The molecule has 1 aliphatic heterocycles. The normalized spacial score (nSPS) is 14.4. The number of rotatable bonds is 3. The summed E-state index contributed by atoms with van der Waals surface area (Å²) in [6, 6.07) is 4.80. The third kappa shape index (κ3) is 1.67. The van der Waals surface area contributed by atoms with Gasteiger partial charge in [-0.15, -0.1) is 0 Å². The van der Waals surface area contributed by atoms with Crippen LogP contribution in [0.3, 0.4) is 0 Å². The van der Waals surface area contributed by atoms with Gasteiger partial charge in [0.15, 0.2) is 0 Å². The number of nitrogens with zero attached hydrogens (tertiary/aromatic N) is 1. The summed E-state index contributed by atoms with van der Waals surface area (Å²) in [4.78, 5) is 0. The second-order valence-electron chi connectivity index (χ2n) is 5.51. The van der Waals surface area contributed by atoms with E-state index >= 15 is 0 Å². The number of aromatic nitrogens is 1. The molecule has 0 unspecified atom stereocenters. The molecule has 2 nitrogen and oxygen atoms in total. The van der Waals surface area contributed by atoms with Crippen LogP contribution >= 0.6 is 0 Å². The Morgan fingerprint density at radius 1 is 1.28 bits per heavy atom. The quantitative estimate of drug-likeness (QED) is 0.881. The Balaban J connectivity index is 2.20. The Hall–Kier alpha value is -1.28. The van der Waals surface area contributed by atoms with Crippen LogP contribution in [0.15, 0.2) is 12.1 Å². The summed E-state index contributed by atoms with van der Waals surface area (Å²) in [5.41, 5.74) is 13.0. The average Bonchev–Trinajstić information content (AvgIpc) is 2.64. The summed E-state index contributed by atoms with van der Waals surface area (Å²) in [5, 5.41) is 1.47. The van der Waals surface area contributed by atoms with Crippen LogP contribution in [0.4, 0.5) is 0 Å². The van der Waals surface area contributed by atoms with Gasteiger partial charge in [-0.05, 0) is 68.8 Å². The van der Waals surface area contributed by atoms with Crippen LogP contribution in [0.1, 0.15) is 35.2 Å². The van der Waals surface area contributed by atoms with Gasteiger partial charge in [0.1, 0.15) is 0 Å². The zero-order valence-corrected chi connectivity index (χ0v) is 11.4. The van der Waals surface area contributed by atoms with Crippen molar-refractivity contribution in [3.05, 3.63) is 34.5 Å². The molecule has 0 aliphatic carbocycles. The molecule has 2 heteroatoms. The maximum absolute atomic E-state index is 5.62. The van der Waals surface area contributed by atoms with E-state index in [0.717, 1.165) is 19.4 Å². The van der Waals surface area contributed by atoms with Crippen molar-refractivity contribution in [1.29, 1.82) is 0 Å². The van der Waals surface area contributed by atoms with Gasteiger partial charge in [0.2, 0.25) is 0 Å². The van der Waals surface area contributed by atoms with Crippen molar-refractivity contribution in [3.63, 3.8) is 0 Å². The van der Waals surface area contributed by atoms with Crippen molar-refractivity contribution in [2.75, 3.05) is 6.54 Å². The van der Waals surface area contributed by atoms with Crippen molar-refractivity contribution in [2.24, 2.45) is 5.73 Å². The molecule has 0 spiro atoms. The molecule has 0 bridgehead atoms. The van der Waals surface area contributed by atoms with E-state index in [4.69, 9.17) is 5.73 Å². The summed E-state index contributed by atoms with van der Waals surface area (Å²) >= 11 is 0. The fourth-order valence-electron chi connectivity index (χ4n) is 3.28. The van der Waals surface area contributed by atoms with E-state index in [1.165, 1.54) is 47.1 Å². The van der Waals surface area contributed by atoms with E-state index in [1.54, 1.807) is 5.56 Å². The van der Waals surface area contributed by atoms with Crippen LogP contribution in [0.25, 0.3) is 10.9 Å². The van der Waals surface area contributed by atoms with Gasteiger partial charge in [-0.2, -0.15) is 0 Å². The molecule has 1 aliphatic rings. The predicted octanol–water partition coefficient (Wildman–Crippen LogP) is 3.10. The number of nitrogens with two attached hydrogens (primary N) is 1. The number of hydrogen-bond donors (Lipinski definition) is 1. The lowest BCUT2D eigenvalue weighted by atomic mass is 9.97. The molecule has 18 heavy (non-hydrogen) atoms. The Bertz CT molecular complexity index is 593. The number of aryl methyl sites for hydroxylation is 4. The van der Waals surface area contributed by atoms with Crippen molar-refractivity contribution >= 4 is 10.9 Å². The summed E-state index contributed by atoms with van der Waals surface area (Å²) in [7, 11) is 0. The minimum atomic E-state index is 0.784. The second-order valence-corrected chi connectivity index (χ2v) is 5.51. The zero-order valence-electron chi connectivity index (χ0n) is 11.4. The van der Waals surface area contributed by atoms with Crippen LogP contribution in [0.5, 0.6) is 0 Å². The van der Waals surface area contributed by atoms with Gasteiger partial charge in [-0.25, -0.2) is 0 Å². The van der Waals surface area contributed by atoms with Crippen LogP contribution < -0.4 is 5.73 Å².